The number of ether oxygens (including phenoxy) is 3. The average molecular weight is 583 g/mol. The van der Waals surface area contributed by atoms with E-state index >= 15 is 0 Å². The zero-order valence-electron chi connectivity index (χ0n) is 24.6. The van der Waals surface area contributed by atoms with Gasteiger partial charge in [-0.05, 0) is 18.2 Å². The molecule has 0 amide bonds. The van der Waals surface area contributed by atoms with Gasteiger partial charge in [0, 0.05) is 43.0 Å². The SMILES string of the molecule is COc1ncc(F)c(OC)c1-c1cn(COCC[Si](C)(C)C)c2nc(N=C(c3ccccc3)c3ccccc3)ccc12. The van der Waals surface area contributed by atoms with Gasteiger partial charge < -0.3 is 18.8 Å². The van der Waals surface area contributed by atoms with Crippen LogP contribution < -0.4 is 9.47 Å². The molecule has 0 aliphatic rings. The van der Waals surface area contributed by atoms with E-state index in [0.29, 0.717) is 29.2 Å². The van der Waals surface area contributed by atoms with Gasteiger partial charge in [0.25, 0.3) is 0 Å². The second-order valence-corrected chi connectivity index (χ2v) is 16.7. The van der Waals surface area contributed by atoms with Gasteiger partial charge in [0.15, 0.2) is 17.4 Å². The van der Waals surface area contributed by atoms with E-state index in [1.807, 2.05) is 83.6 Å². The fourth-order valence-electron chi connectivity index (χ4n) is 4.70. The first-order valence-electron chi connectivity index (χ1n) is 13.8. The van der Waals surface area contributed by atoms with Crippen molar-refractivity contribution in [2.24, 2.45) is 4.99 Å². The van der Waals surface area contributed by atoms with Crippen molar-refractivity contribution in [3.8, 4) is 22.8 Å². The Bertz CT molecular complexity index is 1660. The lowest BCUT2D eigenvalue weighted by molar-refractivity contribution is 0.0899. The minimum atomic E-state index is -1.27. The lowest BCUT2D eigenvalue weighted by Gasteiger charge is -2.15. The summed E-state index contributed by atoms with van der Waals surface area (Å²) in [5, 5.41) is 0.771. The summed E-state index contributed by atoms with van der Waals surface area (Å²) in [7, 11) is 1.66. The van der Waals surface area contributed by atoms with Crippen LogP contribution in [0.4, 0.5) is 10.2 Å². The molecule has 3 heterocycles. The third-order valence-corrected chi connectivity index (χ3v) is 8.58. The van der Waals surface area contributed by atoms with E-state index in [9.17, 15) is 4.39 Å². The van der Waals surface area contributed by atoms with E-state index in [0.717, 1.165) is 34.5 Å². The van der Waals surface area contributed by atoms with Crippen LogP contribution in [0, 0.1) is 5.82 Å². The number of aromatic nitrogens is 3. The molecular weight excluding hydrogens is 547 g/mol. The molecule has 0 N–H and O–H groups in total. The molecule has 9 heteroatoms. The normalized spacial score (nSPS) is 11.5. The second-order valence-electron chi connectivity index (χ2n) is 11.1. The average Bonchev–Trinajstić information content (AvgIpc) is 3.35. The number of fused-ring (bicyclic) bond motifs is 1. The van der Waals surface area contributed by atoms with Crippen LogP contribution in [-0.4, -0.2) is 49.1 Å². The van der Waals surface area contributed by atoms with Gasteiger partial charge in [0.05, 0.1) is 31.7 Å². The van der Waals surface area contributed by atoms with Gasteiger partial charge in [-0.2, -0.15) is 0 Å². The molecular formula is C33H35FN4O3Si. The zero-order valence-corrected chi connectivity index (χ0v) is 25.6. The van der Waals surface area contributed by atoms with Crippen molar-refractivity contribution in [1.82, 2.24) is 14.5 Å². The number of benzene rings is 2. The quantitative estimate of drug-likeness (QED) is 0.0905. The Balaban J connectivity index is 1.66. The molecule has 0 fully saturated rings. The molecule has 0 unspecified atom stereocenters. The molecule has 0 aliphatic carbocycles. The largest absolute Gasteiger partial charge is 0.493 e. The van der Waals surface area contributed by atoms with Crippen molar-refractivity contribution >= 4 is 30.6 Å². The molecule has 2 aromatic carbocycles. The Morgan fingerprint density at radius 1 is 0.905 bits per heavy atom. The standard InChI is InChI=1S/C33H35FN4O3Si/c1-39-31-27(34)20-35-33(40-2)29(31)26-21-38(22-41-18-19-42(3,4)5)32-25(26)16-17-28(37-32)36-30(23-12-8-6-9-13-23)24-14-10-7-11-15-24/h6-17,20-21H,18-19,22H2,1-5H3. The molecule has 42 heavy (non-hydrogen) atoms. The van der Waals surface area contributed by atoms with Crippen molar-refractivity contribution in [1.29, 1.82) is 0 Å². The third-order valence-electron chi connectivity index (χ3n) is 6.87. The van der Waals surface area contributed by atoms with Gasteiger partial charge in [0.2, 0.25) is 5.88 Å². The molecule has 3 aromatic heterocycles. The Labute approximate surface area is 246 Å². The molecule has 7 nitrogen and oxygen atoms in total. The number of halogens is 1. The molecule has 0 atom stereocenters. The summed E-state index contributed by atoms with van der Waals surface area (Å²) in [6.45, 7) is 7.87. The van der Waals surface area contributed by atoms with Crippen LogP contribution in [0.2, 0.25) is 25.7 Å². The van der Waals surface area contributed by atoms with Crippen molar-refractivity contribution in [3.05, 3.63) is 102 Å². The molecule has 0 saturated heterocycles. The summed E-state index contributed by atoms with van der Waals surface area (Å²) in [6.07, 6.45) is 2.98. The van der Waals surface area contributed by atoms with Crippen LogP contribution in [0.25, 0.3) is 22.2 Å². The number of pyridine rings is 2. The van der Waals surface area contributed by atoms with E-state index < -0.39 is 13.9 Å². The summed E-state index contributed by atoms with van der Waals surface area (Å²) in [5.74, 6) is 0.266. The highest BCUT2D eigenvalue weighted by Crippen LogP contribution is 2.42. The van der Waals surface area contributed by atoms with Crippen LogP contribution in [0.3, 0.4) is 0 Å². The van der Waals surface area contributed by atoms with E-state index in [1.54, 1.807) is 0 Å². The van der Waals surface area contributed by atoms with Gasteiger partial charge in [-0.3, -0.25) is 0 Å². The summed E-state index contributed by atoms with van der Waals surface area (Å²) in [4.78, 5) is 14.2. The Hall–Kier alpha value is -4.34. The Morgan fingerprint density at radius 2 is 1.57 bits per heavy atom. The van der Waals surface area contributed by atoms with Crippen LogP contribution >= 0.6 is 0 Å². The number of aliphatic imine (C=N–C) groups is 1. The first kappa shape index (κ1) is 29.2. The van der Waals surface area contributed by atoms with Crippen molar-refractivity contribution in [2.45, 2.75) is 32.4 Å². The predicted octanol–water partition coefficient (Wildman–Crippen LogP) is 7.74. The lowest BCUT2D eigenvalue weighted by Crippen LogP contribution is -2.22. The topological polar surface area (TPSA) is 70.8 Å². The van der Waals surface area contributed by atoms with Crippen LogP contribution in [0.1, 0.15) is 11.1 Å². The summed E-state index contributed by atoms with van der Waals surface area (Å²) in [6, 6.07) is 24.9. The summed E-state index contributed by atoms with van der Waals surface area (Å²) >= 11 is 0. The molecule has 5 aromatic rings. The Morgan fingerprint density at radius 3 is 2.17 bits per heavy atom. The molecule has 0 radical (unpaired) electrons. The van der Waals surface area contributed by atoms with Gasteiger partial charge in [-0.15, -0.1) is 0 Å². The fraction of sp³-hybridized carbons (Fsp3) is 0.242. The first-order chi connectivity index (χ1) is 20.3. The molecule has 0 saturated carbocycles. The number of methoxy groups -OCH3 is 2. The lowest BCUT2D eigenvalue weighted by atomic mass is 10.0. The highest BCUT2D eigenvalue weighted by molar-refractivity contribution is 6.76. The maximum atomic E-state index is 14.8. The van der Waals surface area contributed by atoms with E-state index in [4.69, 9.17) is 24.2 Å². The fourth-order valence-corrected chi connectivity index (χ4v) is 5.46. The summed E-state index contributed by atoms with van der Waals surface area (Å²) in [5.41, 5.74) is 4.51. The molecule has 0 aliphatic heterocycles. The second kappa shape index (κ2) is 12.7. The minimum Gasteiger partial charge on any atom is -0.493 e. The smallest absolute Gasteiger partial charge is 0.225 e. The van der Waals surface area contributed by atoms with Crippen molar-refractivity contribution in [2.75, 3.05) is 20.8 Å². The van der Waals surface area contributed by atoms with Crippen molar-refractivity contribution in [3.63, 3.8) is 0 Å². The Kier molecular flexibility index (Phi) is 8.79. The molecule has 0 spiro atoms. The van der Waals surface area contributed by atoms with Gasteiger partial charge in [-0.25, -0.2) is 19.4 Å². The maximum Gasteiger partial charge on any atom is 0.225 e. The highest BCUT2D eigenvalue weighted by Gasteiger charge is 2.24. The van der Waals surface area contributed by atoms with E-state index in [2.05, 4.69) is 24.6 Å². The third kappa shape index (κ3) is 6.42. The van der Waals surface area contributed by atoms with Crippen LogP contribution in [-0.2, 0) is 11.5 Å². The number of rotatable bonds is 11. The van der Waals surface area contributed by atoms with Gasteiger partial charge >= 0.3 is 0 Å². The molecule has 216 valence electrons. The number of nitrogens with zero attached hydrogens (tertiary/aromatic N) is 4. The highest BCUT2D eigenvalue weighted by atomic mass is 28.3. The summed E-state index contributed by atoms with van der Waals surface area (Å²) < 4.78 is 33.9. The van der Waals surface area contributed by atoms with Crippen LogP contribution in [0.15, 0.2) is 90.2 Å². The maximum absolute atomic E-state index is 14.8. The van der Waals surface area contributed by atoms with E-state index in [1.165, 1.54) is 14.2 Å². The van der Waals surface area contributed by atoms with E-state index in [-0.39, 0.29) is 18.4 Å². The minimum absolute atomic E-state index is 0.0538. The van der Waals surface area contributed by atoms with Crippen molar-refractivity contribution < 1.29 is 18.6 Å². The zero-order chi connectivity index (χ0) is 29.7. The number of hydrogen-bond donors (Lipinski definition) is 0. The number of hydrogen-bond acceptors (Lipinski definition) is 6. The van der Waals surface area contributed by atoms with Gasteiger partial charge in [0.1, 0.15) is 12.4 Å². The monoisotopic (exact) mass is 582 g/mol. The van der Waals surface area contributed by atoms with Gasteiger partial charge in [-0.1, -0.05) is 80.3 Å². The first-order valence-corrected chi connectivity index (χ1v) is 17.5. The predicted molar refractivity (Wildman–Crippen MR) is 168 cm³/mol. The van der Waals surface area contributed by atoms with Crippen LogP contribution in [0.5, 0.6) is 11.6 Å². The molecule has 5 rings (SSSR count). The molecule has 0 bridgehead atoms.